The number of ether oxygens (including phenoxy) is 1. The van der Waals surface area contributed by atoms with E-state index in [0.717, 1.165) is 38.3 Å². The van der Waals surface area contributed by atoms with Crippen molar-refractivity contribution >= 4 is 0 Å². The molecule has 0 saturated carbocycles. The molecule has 8 heteroatoms. The number of nitrogens with zero attached hydrogens (tertiary/aromatic N) is 4. The van der Waals surface area contributed by atoms with Crippen molar-refractivity contribution in [2.24, 2.45) is 0 Å². The van der Waals surface area contributed by atoms with Crippen LogP contribution in [0.15, 0.2) is 28.8 Å². The predicted molar refractivity (Wildman–Crippen MR) is 95.9 cm³/mol. The minimum Gasteiger partial charge on any atom is -0.491 e. The fourth-order valence-electron chi connectivity index (χ4n) is 3.00. The van der Waals surface area contributed by atoms with Gasteiger partial charge in [0.1, 0.15) is 18.5 Å². The normalized spacial score (nSPS) is 17.3. The first-order chi connectivity index (χ1) is 12.6. The molecule has 2 heterocycles. The minimum atomic E-state index is -0.543. The maximum atomic E-state index is 10.2. The zero-order chi connectivity index (χ0) is 18.4. The Balaban J connectivity index is 1.41. The first kappa shape index (κ1) is 18.8. The Bertz CT molecular complexity index is 668. The van der Waals surface area contributed by atoms with Gasteiger partial charge in [0.25, 0.3) is 0 Å². The van der Waals surface area contributed by atoms with E-state index in [4.69, 9.17) is 14.4 Å². The molecular weight excluding hydrogens is 336 g/mol. The molecule has 2 N–H and O–H groups in total. The lowest BCUT2D eigenvalue weighted by molar-refractivity contribution is 0.0428. The molecule has 3 rings (SSSR count). The van der Waals surface area contributed by atoms with Gasteiger partial charge in [0.2, 0.25) is 11.7 Å². The van der Waals surface area contributed by atoms with Gasteiger partial charge in [-0.1, -0.05) is 5.16 Å². The number of aryl methyl sites for hydroxylation is 1. The van der Waals surface area contributed by atoms with Crippen molar-refractivity contribution in [3.05, 3.63) is 30.2 Å². The Morgan fingerprint density at radius 2 is 1.85 bits per heavy atom. The lowest BCUT2D eigenvalue weighted by Gasteiger charge is -2.35. The molecule has 1 saturated heterocycles. The molecule has 0 radical (unpaired) electrons. The molecular formula is C18H26N4O4. The monoisotopic (exact) mass is 362 g/mol. The largest absolute Gasteiger partial charge is 0.491 e. The van der Waals surface area contributed by atoms with Crippen LogP contribution in [0.4, 0.5) is 0 Å². The van der Waals surface area contributed by atoms with Crippen LogP contribution in [-0.2, 0) is 0 Å². The summed E-state index contributed by atoms with van der Waals surface area (Å²) < 4.78 is 10.7. The fourth-order valence-corrected chi connectivity index (χ4v) is 3.00. The van der Waals surface area contributed by atoms with E-state index in [1.165, 1.54) is 0 Å². The van der Waals surface area contributed by atoms with Gasteiger partial charge in [-0.15, -0.1) is 0 Å². The quantitative estimate of drug-likeness (QED) is 0.697. The Morgan fingerprint density at radius 1 is 1.15 bits per heavy atom. The Kier molecular flexibility index (Phi) is 6.56. The molecule has 142 valence electrons. The van der Waals surface area contributed by atoms with Crippen LogP contribution in [0.5, 0.6) is 5.75 Å². The van der Waals surface area contributed by atoms with Crippen molar-refractivity contribution in [1.82, 2.24) is 19.9 Å². The van der Waals surface area contributed by atoms with Crippen LogP contribution in [-0.4, -0.2) is 88.7 Å². The number of aromatic nitrogens is 2. The van der Waals surface area contributed by atoms with E-state index in [9.17, 15) is 5.11 Å². The van der Waals surface area contributed by atoms with Gasteiger partial charge >= 0.3 is 0 Å². The van der Waals surface area contributed by atoms with Crippen molar-refractivity contribution in [1.29, 1.82) is 0 Å². The highest BCUT2D eigenvalue weighted by atomic mass is 16.5. The summed E-state index contributed by atoms with van der Waals surface area (Å²) in [5.41, 5.74) is 0.857. The molecule has 1 aliphatic rings. The van der Waals surface area contributed by atoms with Crippen LogP contribution in [0.1, 0.15) is 5.89 Å². The van der Waals surface area contributed by atoms with Gasteiger partial charge in [-0.3, -0.25) is 9.80 Å². The maximum Gasteiger partial charge on any atom is 0.223 e. The van der Waals surface area contributed by atoms with Gasteiger partial charge in [0.05, 0.1) is 6.61 Å². The van der Waals surface area contributed by atoms with Gasteiger partial charge in [0, 0.05) is 51.8 Å². The molecule has 0 amide bonds. The molecule has 26 heavy (non-hydrogen) atoms. The molecule has 1 aliphatic heterocycles. The molecule has 2 aromatic rings. The smallest absolute Gasteiger partial charge is 0.223 e. The van der Waals surface area contributed by atoms with Crippen molar-refractivity contribution in [3.63, 3.8) is 0 Å². The Labute approximate surface area is 153 Å². The highest BCUT2D eigenvalue weighted by molar-refractivity contribution is 5.55. The summed E-state index contributed by atoms with van der Waals surface area (Å²) in [7, 11) is 0. The van der Waals surface area contributed by atoms with E-state index in [1.807, 2.05) is 24.3 Å². The summed E-state index contributed by atoms with van der Waals surface area (Å²) in [6.07, 6.45) is -0.543. The summed E-state index contributed by atoms with van der Waals surface area (Å²) in [6, 6.07) is 7.40. The fraction of sp³-hybridized carbons (Fsp3) is 0.556. The molecule has 1 aromatic heterocycles. The lowest BCUT2D eigenvalue weighted by Crippen LogP contribution is -2.49. The van der Waals surface area contributed by atoms with Crippen LogP contribution in [0.25, 0.3) is 11.4 Å². The summed E-state index contributed by atoms with van der Waals surface area (Å²) in [6.45, 7) is 7.15. The summed E-state index contributed by atoms with van der Waals surface area (Å²) in [5, 5.41) is 23.1. The standard InChI is InChI=1S/C18H26N4O4/c1-14-19-18(20-26-14)15-2-4-17(5-3-15)25-13-16(24)12-22-8-6-21(7-9-22)10-11-23/h2-5,16,23-24H,6-13H2,1H3/t16-/m1/s1. The number of benzene rings is 1. The Morgan fingerprint density at radius 3 is 2.46 bits per heavy atom. The van der Waals surface area contributed by atoms with Crippen LogP contribution >= 0.6 is 0 Å². The highest BCUT2D eigenvalue weighted by Gasteiger charge is 2.19. The van der Waals surface area contributed by atoms with Crippen LogP contribution in [0.3, 0.4) is 0 Å². The molecule has 1 atom stereocenters. The van der Waals surface area contributed by atoms with E-state index < -0.39 is 6.10 Å². The van der Waals surface area contributed by atoms with E-state index in [0.29, 0.717) is 24.0 Å². The second-order valence-corrected chi connectivity index (χ2v) is 6.49. The average molecular weight is 362 g/mol. The number of piperazine rings is 1. The molecule has 1 fully saturated rings. The molecule has 0 aliphatic carbocycles. The SMILES string of the molecule is Cc1nc(-c2ccc(OC[C@H](O)CN3CCN(CCO)CC3)cc2)no1. The molecule has 0 bridgehead atoms. The zero-order valence-electron chi connectivity index (χ0n) is 15.0. The summed E-state index contributed by atoms with van der Waals surface area (Å²) in [5.74, 6) is 1.77. The van der Waals surface area contributed by atoms with Gasteiger partial charge in [0.15, 0.2) is 0 Å². The van der Waals surface area contributed by atoms with Gasteiger partial charge in [-0.05, 0) is 24.3 Å². The first-order valence-corrected chi connectivity index (χ1v) is 8.91. The highest BCUT2D eigenvalue weighted by Crippen LogP contribution is 2.20. The van der Waals surface area contributed by atoms with Crippen molar-refractivity contribution in [2.75, 3.05) is 52.5 Å². The van der Waals surface area contributed by atoms with Crippen LogP contribution in [0.2, 0.25) is 0 Å². The minimum absolute atomic E-state index is 0.196. The van der Waals surface area contributed by atoms with E-state index >= 15 is 0 Å². The first-order valence-electron chi connectivity index (χ1n) is 8.91. The van der Waals surface area contributed by atoms with Gasteiger partial charge in [-0.25, -0.2) is 0 Å². The van der Waals surface area contributed by atoms with E-state index in [-0.39, 0.29) is 13.2 Å². The number of rotatable bonds is 8. The third kappa shape index (κ3) is 5.25. The predicted octanol–water partition coefficient (Wildman–Crippen LogP) is 0.395. The summed E-state index contributed by atoms with van der Waals surface area (Å²) in [4.78, 5) is 8.64. The van der Waals surface area contributed by atoms with Crippen LogP contribution < -0.4 is 4.74 Å². The van der Waals surface area contributed by atoms with Gasteiger partial charge < -0.3 is 19.5 Å². The van der Waals surface area contributed by atoms with E-state index in [2.05, 4.69) is 19.9 Å². The van der Waals surface area contributed by atoms with Crippen molar-refractivity contribution < 1.29 is 19.5 Å². The topological polar surface area (TPSA) is 95.1 Å². The van der Waals surface area contributed by atoms with E-state index in [1.54, 1.807) is 6.92 Å². The third-order valence-corrected chi connectivity index (χ3v) is 4.43. The molecule has 0 unspecified atom stereocenters. The second kappa shape index (κ2) is 9.09. The molecule has 1 aromatic carbocycles. The number of β-amino-alcohol motifs (C(OH)–C–C–N with tert-alkyl or cyclic N) is 2. The number of hydrogen-bond donors (Lipinski definition) is 2. The Hall–Kier alpha value is -2.00. The lowest BCUT2D eigenvalue weighted by atomic mass is 10.2. The average Bonchev–Trinajstić information content (AvgIpc) is 3.09. The number of aliphatic hydroxyl groups is 2. The number of hydrogen-bond acceptors (Lipinski definition) is 8. The van der Waals surface area contributed by atoms with Crippen LogP contribution in [0, 0.1) is 6.92 Å². The molecule has 0 spiro atoms. The number of aliphatic hydroxyl groups excluding tert-OH is 2. The summed E-state index contributed by atoms with van der Waals surface area (Å²) >= 11 is 0. The third-order valence-electron chi connectivity index (χ3n) is 4.43. The van der Waals surface area contributed by atoms with Crippen molar-refractivity contribution in [2.45, 2.75) is 13.0 Å². The zero-order valence-corrected chi connectivity index (χ0v) is 15.0. The maximum absolute atomic E-state index is 10.2. The molecule has 8 nitrogen and oxygen atoms in total. The van der Waals surface area contributed by atoms with Crippen molar-refractivity contribution in [3.8, 4) is 17.1 Å². The van der Waals surface area contributed by atoms with Gasteiger partial charge in [-0.2, -0.15) is 4.98 Å². The second-order valence-electron chi connectivity index (χ2n) is 6.49.